The topological polar surface area (TPSA) is 46.3 Å². The van der Waals surface area contributed by atoms with Gasteiger partial charge < -0.3 is 10.6 Å². The van der Waals surface area contributed by atoms with E-state index in [0.29, 0.717) is 18.9 Å². The monoisotopic (exact) mass is 296 g/mol. The van der Waals surface area contributed by atoms with Crippen molar-refractivity contribution in [2.45, 2.75) is 38.6 Å². The number of hydrogen-bond donors (Lipinski definition) is 1. The summed E-state index contributed by atoms with van der Waals surface area (Å²) in [5, 5.41) is 0. The number of amides is 1. The Balaban J connectivity index is 2.05. The third-order valence-electron chi connectivity index (χ3n) is 4.28. The highest BCUT2D eigenvalue weighted by Crippen LogP contribution is 2.23. The van der Waals surface area contributed by atoms with Crippen LogP contribution in [0.5, 0.6) is 0 Å². The van der Waals surface area contributed by atoms with Gasteiger partial charge in [0.05, 0.1) is 6.04 Å². The van der Waals surface area contributed by atoms with Crippen LogP contribution in [0.15, 0.2) is 18.2 Å². The highest BCUT2D eigenvalue weighted by molar-refractivity contribution is 5.76. The van der Waals surface area contributed by atoms with Crippen LogP contribution in [0.25, 0.3) is 0 Å². The summed E-state index contributed by atoms with van der Waals surface area (Å²) in [6, 6.07) is 2.54. The minimum absolute atomic E-state index is 0.0539. The van der Waals surface area contributed by atoms with E-state index < -0.39 is 17.7 Å². The van der Waals surface area contributed by atoms with E-state index in [0.717, 1.165) is 37.5 Å². The van der Waals surface area contributed by atoms with Crippen LogP contribution in [-0.2, 0) is 4.79 Å². The molecule has 1 aromatic rings. The van der Waals surface area contributed by atoms with Crippen molar-refractivity contribution in [3.05, 3.63) is 35.4 Å². The van der Waals surface area contributed by atoms with Gasteiger partial charge in [-0.2, -0.15) is 0 Å². The first-order valence-corrected chi connectivity index (χ1v) is 7.49. The third kappa shape index (κ3) is 4.00. The van der Waals surface area contributed by atoms with E-state index in [2.05, 4.69) is 6.92 Å². The number of likely N-dealkylation sites (tertiary alicyclic amines) is 1. The second kappa shape index (κ2) is 6.98. The second-order valence-electron chi connectivity index (χ2n) is 5.71. The van der Waals surface area contributed by atoms with Crippen molar-refractivity contribution in [3.8, 4) is 0 Å². The zero-order chi connectivity index (χ0) is 15.4. The standard InChI is InChI=1S/C16H22F2N2O/c1-2-11-3-6-16(21)20(8-7-11)10-15(19)13-9-12(17)4-5-14(13)18/h4-5,9,11,15H,2-3,6-8,10,19H2,1H3. The summed E-state index contributed by atoms with van der Waals surface area (Å²) in [6.07, 6.45) is 3.42. The predicted molar refractivity (Wildman–Crippen MR) is 77.5 cm³/mol. The molecule has 1 aliphatic heterocycles. The number of carbonyl (C=O) groups excluding carboxylic acids is 1. The minimum Gasteiger partial charge on any atom is -0.341 e. The van der Waals surface area contributed by atoms with Gasteiger partial charge in [-0.05, 0) is 37.0 Å². The van der Waals surface area contributed by atoms with Crippen LogP contribution in [0.4, 0.5) is 8.78 Å². The largest absolute Gasteiger partial charge is 0.341 e. The Labute approximate surface area is 124 Å². The van der Waals surface area contributed by atoms with Gasteiger partial charge >= 0.3 is 0 Å². The summed E-state index contributed by atoms with van der Waals surface area (Å²) in [5.41, 5.74) is 6.10. The fourth-order valence-corrected chi connectivity index (χ4v) is 2.83. The molecule has 2 unspecified atom stereocenters. The molecule has 1 saturated heterocycles. The Kier molecular flexibility index (Phi) is 5.28. The Morgan fingerprint density at radius 2 is 2.14 bits per heavy atom. The van der Waals surface area contributed by atoms with Gasteiger partial charge in [-0.1, -0.05) is 13.3 Å². The lowest BCUT2D eigenvalue weighted by Crippen LogP contribution is -2.37. The Morgan fingerprint density at radius 3 is 2.86 bits per heavy atom. The van der Waals surface area contributed by atoms with E-state index in [-0.39, 0.29) is 18.0 Å². The van der Waals surface area contributed by atoms with E-state index in [1.54, 1.807) is 4.90 Å². The lowest BCUT2D eigenvalue weighted by molar-refractivity contribution is -0.130. The van der Waals surface area contributed by atoms with Crippen LogP contribution >= 0.6 is 0 Å². The van der Waals surface area contributed by atoms with Crippen LogP contribution in [-0.4, -0.2) is 23.9 Å². The van der Waals surface area contributed by atoms with E-state index in [9.17, 15) is 13.6 Å². The Hall–Kier alpha value is -1.49. The number of nitrogens with two attached hydrogens (primary N) is 1. The number of nitrogens with zero attached hydrogens (tertiary/aromatic N) is 1. The molecule has 1 aliphatic rings. The SMILES string of the molecule is CCC1CCC(=O)N(CC(N)c2cc(F)ccc2F)CC1. The molecule has 2 rings (SSSR count). The Morgan fingerprint density at radius 1 is 1.38 bits per heavy atom. The first-order chi connectivity index (χ1) is 10.0. The molecule has 5 heteroatoms. The number of benzene rings is 1. The van der Waals surface area contributed by atoms with Gasteiger partial charge in [-0.3, -0.25) is 4.79 Å². The zero-order valence-corrected chi connectivity index (χ0v) is 12.3. The maximum atomic E-state index is 13.7. The van der Waals surface area contributed by atoms with E-state index in [1.165, 1.54) is 0 Å². The van der Waals surface area contributed by atoms with Crippen molar-refractivity contribution in [1.82, 2.24) is 4.90 Å². The average molecular weight is 296 g/mol. The van der Waals surface area contributed by atoms with Crippen LogP contribution in [0.2, 0.25) is 0 Å². The van der Waals surface area contributed by atoms with Crippen molar-refractivity contribution in [2.75, 3.05) is 13.1 Å². The summed E-state index contributed by atoms with van der Waals surface area (Å²) in [5.74, 6) is -0.438. The van der Waals surface area contributed by atoms with Gasteiger partial charge in [0, 0.05) is 25.1 Å². The van der Waals surface area contributed by atoms with Crippen LogP contribution in [0.3, 0.4) is 0 Å². The molecule has 1 fully saturated rings. The summed E-state index contributed by atoms with van der Waals surface area (Å²) < 4.78 is 26.9. The fourth-order valence-electron chi connectivity index (χ4n) is 2.83. The molecule has 0 aliphatic carbocycles. The predicted octanol–water partition coefficient (Wildman–Crippen LogP) is 3.00. The minimum atomic E-state index is -0.706. The van der Waals surface area contributed by atoms with Gasteiger partial charge in [0.2, 0.25) is 5.91 Å². The van der Waals surface area contributed by atoms with Crippen molar-refractivity contribution in [1.29, 1.82) is 0 Å². The molecule has 116 valence electrons. The van der Waals surface area contributed by atoms with E-state index in [1.807, 2.05) is 0 Å². The quantitative estimate of drug-likeness (QED) is 0.928. The number of hydrogen-bond acceptors (Lipinski definition) is 2. The molecule has 2 N–H and O–H groups in total. The maximum absolute atomic E-state index is 13.7. The Bertz CT molecular complexity index is 507. The van der Waals surface area contributed by atoms with Gasteiger partial charge in [0.25, 0.3) is 0 Å². The normalized spacial score (nSPS) is 21.2. The lowest BCUT2D eigenvalue weighted by atomic mass is 9.98. The van der Waals surface area contributed by atoms with Crippen molar-refractivity contribution >= 4 is 5.91 Å². The molecule has 2 atom stereocenters. The third-order valence-corrected chi connectivity index (χ3v) is 4.28. The van der Waals surface area contributed by atoms with E-state index >= 15 is 0 Å². The molecular formula is C16H22F2N2O. The maximum Gasteiger partial charge on any atom is 0.222 e. The molecule has 21 heavy (non-hydrogen) atoms. The van der Waals surface area contributed by atoms with Gasteiger partial charge in [-0.25, -0.2) is 8.78 Å². The zero-order valence-electron chi connectivity index (χ0n) is 12.3. The number of rotatable bonds is 4. The number of carbonyl (C=O) groups is 1. The highest BCUT2D eigenvalue weighted by Gasteiger charge is 2.24. The first-order valence-electron chi connectivity index (χ1n) is 7.49. The molecular weight excluding hydrogens is 274 g/mol. The number of halogens is 2. The molecule has 0 radical (unpaired) electrons. The molecule has 0 spiro atoms. The average Bonchev–Trinajstić information content (AvgIpc) is 2.64. The van der Waals surface area contributed by atoms with Gasteiger partial charge in [-0.15, -0.1) is 0 Å². The van der Waals surface area contributed by atoms with Crippen molar-refractivity contribution in [2.24, 2.45) is 11.7 Å². The molecule has 1 amide bonds. The second-order valence-corrected chi connectivity index (χ2v) is 5.71. The summed E-state index contributed by atoms with van der Waals surface area (Å²) in [6.45, 7) is 3.00. The molecule has 0 aromatic heterocycles. The summed E-state index contributed by atoms with van der Waals surface area (Å²) in [4.78, 5) is 13.8. The van der Waals surface area contributed by atoms with E-state index in [4.69, 9.17) is 5.73 Å². The highest BCUT2D eigenvalue weighted by atomic mass is 19.1. The molecule has 1 heterocycles. The lowest BCUT2D eigenvalue weighted by Gasteiger charge is -2.25. The van der Waals surface area contributed by atoms with Crippen molar-refractivity contribution < 1.29 is 13.6 Å². The molecule has 0 bridgehead atoms. The van der Waals surface area contributed by atoms with Crippen LogP contribution in [0.1, 0.15) is 44.2 Å². The van der Waals surface area contributed by atoms with Crippen LogP contribution < -0.4 is 5.73 Å². The van der Waals surface area contributed by atoms with Gasteiger partial charge in [0.15, 0.2) is 0 Å². The summed E-state index contributed by atoms with van der Waals surface area (Å²) in [7, 11) is 0. The van der Waals surface area contributed by atoms with Gasteiger partial charge in [0.1, 0.15) is 11.6 Å². The van der Waals surface area contributed by atoms with Crippen LogP contribution in [0, 0.1) is 17.6 Å². The van der Waals surface area contributed by atoms with Crippen molar-refractivity contribution in [3.63, 3.8) is 0 Å². The fraction of sp³-hybridized carbons (Fsp3) is 0.562. The smallest absolute Gasteiger partial charge is 0.222 e. The molecule has 3 nitrogen and oxygen atoms in total. The first kappa shape index (κ1) is 15.9. The molecule has 1 aromatic carbocycles. The summed E-state index contributed by atoms with van der Waals surface area (Å²) >= 11 is 0. The molecule has 0 saturated carbocycles.